The molecule has 7 nitrogen and oxygen atoms in total. The Labute approximate surface area is 228 Å². The molecular formula is C30H37N3O4S. The van der Waals surface area contributed by atoms with Gasteiger partial charge in [0.25, 0.3) is 0 Å². The molecule has 3 aliphatic rings. The van der Waals surface area contributed by atoms with Gasteiger partial charge in [-0.3, -0.25) is 14.4 Å². The van der Waals surface area contributed by atoms with Crippen LogP contribution in [0.3, 0.4) is 0 Å². The molecule has 1 spiro atoms. The molecule has 0 aliphatic carbocycles. The van der Waals surface area contributed by atoms with Crippen molar-refractivity contribution in [1.29, 1.82) is 0 Å². The average Bonchev–Trinajstić information content (AvgIpc) is 3.43. The molecule has 8 heteroatoms. The van der Waals surface area contributed by atoms with Crippen LogP contribution < -0.4 is 10.6 Å². The van der Waals surface area contributed by atoms with E-state index in [1.54, 1.807) is 16.7 Å². The van der Waals surface area contributed by atoms with Crippen LogP contribution in [0.15, 0.2) is 60.7 Å². The molecule has 202 valence electrons. The Morgan fingerprint density at radius 2 is 1.68 bits per heavy atom. The first kappa shape index (κ1) is 26.8. The van der Waals surface area contributed by atoms with Crippen LogP contribution in [0.4, 0.5) is 5.69 Å². The van der Waals surface area contributed by atoms with Gasteiger partial charge in [0.15, 0.2) is 0 Å². The van der Waals surface area contributed by atoms with E-state index in [1.165, 1.54) is 0 Å². The molecule has 2 aromatic rings. The van der Waals surface area contributed by atoms with Gasteiger partial charge in [-0.2, -0.15) is 0 Å². The topological polar surface area (TPSA) is 98.7 Å². The standard InChI is InChI=1S/C30H37N3O4S/c1-28(2,3)32-26(36)24-30-16-15-29(4,38-30)22(25(35)31-20-13-9-6-10-14-20)23(30)27(37)33(24)21(18-34)17-19-11-7-5-8-12-19/h5-14,21-24,34H,15-18H2,1-4H3,(H,31,35)(H,32,36)/t21-,22+,23+,24?,29-,30?/m1/s1. The lowest BCUT2D eigenvalue weighted by Crippen LogP contribution is -2.59. The summed E-state index contributed by atoms with van der Waals surface area (Å²) < 4.78 is -1.19. The number of hydrogen-bond donors (Lipinski definition) is 3. The first-order valence-electron chi connectivity index (χ1n) is 13.3. The smallest absolute Gasteiger partial charge is 0.244 e. The highest BCUT2D eigenvalue weighted by atomic mass is 32.2. The highest BCUT2D eigenvalue weighted by molar-refractivity contribution is 8.02. The zero-order valence-electron chi connectivity index (χ0n) is 22.4. The highest BCUT2D eigenvalue weighted by Crippen LogP contribution is 2.71. The van der Waals surface area contributed by atoms with Crippen LogP contribution in [-0.2, 0) is 20.8 Å². The molecule has 3 aliphatic heterocycles. The molecule has 6 atom stereocenters. The normalized spacial score (nSPS) is 30.7. The van der Waals surface area contributed by atoms with Crippen LogP contribution in [0.1, 0.15) is 46.1 Å². The number of hydrogen-bond acceptors (Lipinski definition) is 5. The molecule has 3 heterocycles. The van der Waals surface area contributed by atoms with E-state index >= 15 is 0 Å². The van der Waals surface area contributed by atoms with E-state index in [0.717, 1.165) is 12.0 Å². The Balaban J connectivity index is 1.55. The summed E-state index contributed by atoms with van der Waals surface area (Å²) in [7, 11) is 0. The number of benzene rings is 2. The van der Waals surface area contributed by atoms with Crippen molar-refractivity contribution in [2.45, 2.75) is 74.1 Å². The molecule has 2 unspecified atom stereocenters. The van der Waals surface area contributed by atoms with Gasteiger partial charge in [-0.05, 0) is 64.7 Å². The molecule has 0 aromatic heterocycles. The van der Waals surface area contributed by atoms with E-state index in [2.05, 4.69) is 17.6 Å². The molecule has 2 aromatic carbocycles. The molecule has 3 saturated heterocycles. The maximum Gasteiger partial charge on any atom is 0.244 e. The molecule has 3 N–H and O–H groups in total. The molecule has 3 amide bonds. The van der Waals surface area contributed by atoms with E-state index in [0.29, 0.717) is 18.5 Å². The summed E-state index contributed by atoms with van der Waals surface area (Å²) in [5.41, 5.74) is 1.17. The SMILES string of the molecule is CC(C)(C)NC(=O)C1N([C@@H](CO)Cc2ccccc2)C(=O)[C@@H]2[C@@H](C(=O)Nc3ccccc3)[C@@]3(C)CCC12S3. The fourth-order valence-corrected chi connectivity index (χ4v) is 9.12. The van der Waals surface area contributed by atoms with Crippen molar-refractivity contribution in [3.05, 3.63) is 66.2 Å². The molecule has 38 heavy (non-hydrogen) atoms. The van der Waals surface area contributed by atoms with Gasteiger partial charge < -0.3 is 20.6 Å². The third-order valence-corrected chi connectivity index (χ3v) is 10.2. The number of aliphatic hydroxyl groups excluding tert-OH is 1. The Bertz CT molecular complexity index is 1220. The maximum absolute atomic E-state index is 14.4. The average molecular weight is 536 g/mol. The minimum atomic E-state index is -0.776. The molecule has 0 saturated carbocycles. The van der Waals surface area contributed by atoms with Gasteiger partial charge in [-0.1, -0.05) is 48.5 Å². The first-order valence-corrected chi connectivity index (χ1v) is 14.2. The minimum absolute atomic E-state index is 0.188. The summed E-state index contributed by atoms with van der Waals surface area (Å²) in [5, 5.41) is 16.7. The summed E-state index contributed by atoms with van der Waals surface area (Å²) in [6.45, 7) is 7.55. The highest BCUT2D eigenvalue weighted by Gasteiger charge is 2.77. The van der Waals surface area contributed by atoms with Gasteiger partial charge in [0.1, 0.15) is 6.04 Å². The van der Waals surface area contributed by atoms with Crippen molar-refractivity contribution < 1.29 is 19.5 Å². The quantitative estimate of drug-likeness (QED) is 0.503. The first-order chi connectivity index (χ1) is 18.0. The van der Waals surface area contributed by atoms with Crippen molar-refractivity contribution in [3.63, 3.8) is 0 Å². The van der Waals surface area contributed by atoms with Crippen LogP contribution in [0, 0.1) is 11.8 Å². The number of aliphatic hydroxyl groups is 1. The van der Waals surface area contributed by atoms with Crippen molar-refractivity contribution in [1.82, 2.24) is 10.2 Å². The van der Waals surface area contributed by atoms with Crippen molar-refractivity contribution >= 4 is 35.2 Å². The van der Waals surface area contributed by atoms with E-state index in [1.807, 2.05) is 81.4 Å². The van der Waals surface area contributed by atoms with Gasteiger partial charge in [-0.15, -0.1) is 11.8 Å². The molecular weight excluding hydrogens is 498 g/mol. The number of anilines is 1. The van der Waals surface area contributed by atoms with Crippen molar-refractivity contribution in [2.75, 3.05) is 11.9 Å². The van der Waals surface area contributed by atoms with E-state index in [4.69, 9.17) is 0 Å². The minimum Gasteiger partial charge on any atom is -0.394 e. The van der Waals surface area contributed by atoms with Crippen LogP contribution in [0.5, 0.6) is 0 Å². The number of carbonyl (C=O) groups excluding carboxylic acids is 3. The van der Waals surface area contributed by atoms with Crippen molar-refractivity contribution in [3.8, 4) is 0 Å². The largest absolute Gasteiger partial charge is 0.394 e. The van der Waals surface area contributed by atoms with Gasteiger partial charge >= 0.3 is 0 Å². The summed E-state index contributed by atoms with van der Waals surface area (Å²) in [6.07, 6.45) is 1.83. The molecule has 2 bridgehead atoms. The lowest BCUT2D eigenvalue weighted by molar-refractivity contribution is -0.142. The van der Waals surface area contributed by atoms with Gasteiger partial charge in [0.2, 0.25) is 17.7 Å². The van der Waals surface area contributed by atoms with Gasteiger partial charge in [0, 0.05) is 16.0 Å². The molecule has 0 radical (unpaired) electrons. The number of carbonyl (C=O) groups is 3. The summed E-state index contributed by atoms with van der Waals surface area (Å²) in [4.78, 5) is 43.8. The number of rotatable bonds is 7. The summed E-state index contributed by atoms with van der Waals surface area (Å²) >= 11 is 1.64. The fourth-order valence-electron chi connectivity index (χ4n) is 6.77. The monoisotopic (exact) mass is 535 g/mol. The lowest BCUT2D eigenvalue weighted by Gasteiger charge is -2.38. The Kier molecular flexibility index (Phi) is 6.84. The third-order valence-electron chi connectivity index (χ3n) is 8.20. The lowest BCUT2D eigenvalue weighted by atomic mass is 9.66. The number of likely N-dealkylation sites (tertiary alicyclic amines) is 1. The van der Waals surface area contributed by atoms with Crippen LogP contribution in [0.25, 0.3) is 0 Å². The zero-order valence-corrected chi connectivity index (χ0v) is 23.3. The van der Waals surface area contributed by atoms with Crippen molar-refractivity contribution in [2.24, 2.45) is 11.8 Å². The van der Waals surface area contributed by atoms with E-state index in [9.17, 15) is 19.5 Å². The third kappa shape index (κ3) is 4.51. The zero-order chi connectivity index (χ0) is 27.3. The fraction of sp³-hybridized carbons (Fsp3) is 0.500. The maximum atomic E-state index is 14.4. The molecule has 3 fully saturated rings. The predicted molar refractivity (Wildman–Crippen MR) is 150 cm³/mol. The Hall–Kier alpha value is -2.84. The number of nitrogens with zero attached hydrogens (tertiary/aromatic N) is 1. The Morgan fingerprint density at radius 1 is 1.05 bits per heavy atom. The number of amides is 3. The van der Waals surface area contributed by atoms with E-state index < -0.39 is 39.0 Å². The number of fused-ring (bicyclic) bond motifs is 1. The van der Waals surface area contributed by atoms with Crippen LogP contribution >= 0.6 is 11.8 Å². The van der Waals surface area contributed by atoms with Gasteiger partial charge in [0.05, 0.1) is 29.2 Å². The number of thioether (sulfide) groups is 1. The second-order valence-corrected chi connectivity index (χ2v) is 14.0. The summed E-state index contributed by atoms with van der Waals surface area (Å²) in [6, 6.07) is 17.6. The second kappa shape index (κ2) is 9.72. The summed E-state index contributed by atoms with van der Waals surface area (Å²) in [5.74, 6) is -1.85. The van der Waals surface area contributed by atoms with Crippen LogP contribution in [0.2, 0.25) is 0 Å². The number of para-hydroxylation sites is 1. The van der Waals surface area contributed by atoms with E-state index in [-0.39, 0.29) is 24.3 Å². The second-order valence-electron chi connectivity index (χ2n) is 12.1. The van der Waals surface area contributed by atoms with Crippen LogP contribution in [-0.4, -0.2) is 61.5 Å². The predicted octanol–water partition coefficient (Wildman–Crippen LogP) is 3.62. The molecule has 5 rings (SSSR count). The van der Waals surface area contributed by atoms with Gasteiger partial charge in [-0.25, -0.2) is 0 Å². The Morgan fingerprint density at radius 3 is 2.29 bits per heavy atom. The number of nitrogens with one attached hydrogen (secondary N) is 2.